The fraction of sp³-hybridized carbons (Fsp3) is 0.929. The van der Waals surface area contributed by atoms with Crippen molar-refractivity contribution < 1.29 is 74.1 Å². The molecule has 0 aromatic carbocycles. The number of methoxy groups -OCH3 is 2. The first-order chi connectivity index (χ1) is 20.1. The lowest BCUT2D eigenvalue weighted by molar-refractivity contribution is -0.260. The molecule has 0 bridgehead atoms. The molecule has 0 saturated carbocycles. The van der Waals surface area contributed by atoms with Crippen LogP contribution in [0.2, 0.25) is 0 Å². The second-order valence-electron chi connectivity index (χ2n) is 11.5. The molecule has 8 N–H and O–H groups in total. The van der Waals surface area contributed by atoms with Gasteiger partial charge in [0.2, 0.25) is 0 Å². The Bertz CT molecular complexity index is 828. The molecule has 0 aliphatic carbocycles. The molecule has 0 aromatic heterocycles. The summed E-state index contributed by atoms with van der Waals surface area (Å²) in [5.41, 5.74) is 0. The molecular weight excluding hydrogens is 576 g/mol. The summed E-state index contributed by atoms with van der Waals surface area (Å²) in [6.07, 6.45) is -16.4. The highest BCUT2D eigenvalue weighted by atomic mass is 16.6. The summed E-state index contributed by atoms with van der Waals surface area (Å²) in [6.45, 7) is 7.22. The van der Waals surface area contributed by atoms with Crippen LogP contribution in [-0.4, -0.2) is 148 Å². The van der Waals surface area contributed by atoms with Crippen LogP contribution < -0.4 is 0 Å². The third-order valence-electron chi connectivity index (χ3n) is 8.04. The smallest absolute Gasteiger partial charge is 0.309 e. The summed E-state index contributed by atoms with van der Waals surface area (Å²) in [5, 5.41) is 82.4. The highest BCUT2D eigenvalue weighted by Crippen LogP contribution is 2.30. The van der Waals surface area contributed by atoms with Crippen LogP contribution in [0.5, 0.6) is 0 Å². The number of rotatable bonds is 18. The third-order valence-corrected chi connectivity index (χ3v) is 8.04. The number of aliphatic hydroxyl groups is 8. The summed E-state index contributed by atoms with van der Waals surface area (Å²) in [6, 6.07) is 0. The first kappa shape index (κ1) is 39.5. The zero-order valence-corrected chi connectivity index (χ0v) is 25.9. The average Bonchev–Trinajstić information content (AvgIpc) is 3.00. The fourth-order valence-electron chi connectivity index (χ4n) is 5.00. The van der Waals surface area contributed by atoms with Crippen molar-refractivity contribution in [1.82, 2.24) is 0 Å². The van der Waals surface area contributed by atoms with Gasteiger partial charge in [0.05, 0.1) is 57.1 Å². The topological polar surface area (TPSA) is 242 Å². The maximum absolute atomic E-state index is 12.7. The van der Waals surface area contributed by atoms with Gasteiger partial charge in [0.25, 0.3) is 0 Å². The summed E-state index contributed by atoms with van der Waals surface area (Å²) in [5.74, 6) is -4.81. The van der Waals surface area contributed by atoms with Crippen LogP contribution in [0.3, 0.4) is 0 Å². The van der Waals surface area contributed by atoms with E-state index in [2.05, 4.69) is 0 Å². The van der Waals surface area contributed by atoms with Crippen molar-refractivity contribution in [1.29, 1.82) is 0 Å². The Morgan fingerprint density at radius 1 is 0.814 bits per heavy atom. The van der Waals surface area contributed by atoms with E-state index in [0.29, 0.717) is 0 Å². The number of carbonyl (C=O) groups is 2. The summed E-state index contributed by atoms with van der Waals surface area (Å²) in [7, 11) is 2.26. The van der Waals surface area contributed by atoms with Crippen molar-refractivity contribution in [2.75, 3.05) is 27.4 Å². The minimum atomic E-state index is -2.14. The SMILES string of the molecule is CCC(OCC1OC(C(C)C)C(O)C(O)C1O)C(CC(C(=O)OC)C(C)C(=O)OC)OC(O)C(O)C(O)C(O)C(C)CO. The minimum Gasteiger partial charge on any atom is -0.469 e. The normalized spacial score (nSPS) is 29.1. The van der Waals surface area contributed by atoms with Gasteiger partial charge in [0.15, 0.2) is 6.29 Å². The van der Waals surface area contributed by atoms with Crippen molar-refractivity contribution in [2.24, 2.45) is 23.7 Å². The van der Waals surface area contributed by atoms with Gasteiger partial charge in [0.1, 0.15) is 36.6 Å². The van der Waals surface area contributed by atoms with E-state index in [1.54, 1.807) is 20.8 Å². The van der Waals surface area contributed by atoms with Gasteiger partial charge in [0, 0.05) is 12.5 Å². The Morgan fingerprint density at radius 3 is 1.88 bits per heavy atom. The van der Waals surface area contributed by atoms with Crippen LogP contribution in [0.25, 0.3) is 0 Å². The highest BCUT2D eigenvalue weighted by Gasteiger charge is 2.46. The Labute approximate surface area is 252 Å². The molecule has 1 saturated heterocycles. The molecular formula is C28H52O15. The molecule has 1 fully saturated rings. The van der Waals surface area contributed by atoms with Crippen LogP contribution >= 0.6 is 0 Å². The average molecular weight is 629 g/mol. The van der Waals surface area contributed by atoms with Crippen LogP contribution in [0.4, 0.5) is 0 Å². The lowest BCUT2D eigenvalue weighted by Gasteiger charge is -2.43. The van der Waals surface area contributed by atoms with Gasteiger partial charge < -0.3 is 64.5 Å². The standard InChI is InChI=1S/C28H52O15/c1-8-16(41-11-18-20(31)22(33)23(34)25(42-18)12(2)3)17(9-15(27(37)40-7)14(5)26(36)39-6)43-28(38)24(35)21(32)19(30)13(4)10-29/h12-25,28-35,38H,8-11H2,1-7H3. The molecule has 0 spiro atoms. The van der Waals surface area contributed by atoms with E-state index < -0.39 is 104 Å². The molecule has 1 heterocycles. The van der Waals surface area contributed by atoms with E-state index in [-0.39, 0.29) is 25.4 Å². The predicted octanol–water partition coefficient (Wildman–Crippen LogP) is -2.31. The molecule has 14 atom stereocenters. The van der Waals surface area contributed by atoms with E-state index in [9.17, 15) is 50.4 Å². The van der Waals surface area contributed by atoms with Crippen LogP contribution in [-0.2, 0) is 33.3 Å². The van der Waals surface area contributed by atoms with E-state index in [1.165, 1.54) is 13.8 Å². The van der Waals surface area contributed by atoms with Gasteiger partial charge in [-0.25, -0.2) is 0 Å². The van der Waals surface area contributed by atoms with Crippen molar-refractivity contribution in [2.45, 2.75) is 115 Å². The maximum atomic E-state index is 12.7. The van der Waals surface area contributed by atoms with Crippen LogP contribution in [0.1, 0.15) is 47.5 Å². The van der Waals surface area contributed by atoms with E-state index >= 15 is 0 Å². The van der Waals surface area contributed by atoms with Crippen molar-refractivity contribution in [3.05, 3.63) is 0 Å². The number of aliphatic hydroxyl groups excluding tert-OH is 8. The molecule has 1 aliphatic rings. The van der Waals surface area contributed by atoms with Gasteiger partial charge >= 0.3 is 11.9 Å². The Balaban J connectivity index is 3.31. The van der Waals surface area contributed by atoms with Crippen molar-refractivity contribution in [3.8, 4) is 0 Å². The number of carbonyl (C=O) groups excluding carboxylic acids is 2. The second-order valence-corrected chi connectivity index (χ2v) is 11.5. The molecule has 0 aromatic rings. The second kappa shape index (κ2) is 18.5. The van der Waals surface area contributed by atoms with E-state index in [4.69, 9.17) is 23.7 Å². The molecule has 15 heteroatoms. The monoisotopic (exact) mass is 628 g/mol. The molecule has 1 aliphatic heterocycles. The molecule has 15 nitrogen and oxygen atoms in total. The lowest BCUT2D eigenvalue weighted by Crippen LogP contribution is -2.60. The van der Waals surface area contributed by atoms with E-state index in [0.717, 1.165) is 14.2 Å². The minimum absolute atomic E-state index is 0.169. The summed E-state index contributed by atoms with van der Waals surface area (Å²) >= 11 is 0. The van der Waals surface area contributed by atoms with Gasteiger partial charge in [-0.05, 0) is 18.8 Å². The van der Waals surface area contributed by atoms with Crippen molar-refractivity contribution in [3.63, 3.8) is 0 Å². The molecule has 1 rings (SSSR count). The molecule has 0 amide bonds. The zero-order valence-electron chi connectivity index (χ0n) is 25.9. The number of ether oxygens (including phenoxy) is 5. The largest absolute Gasteiger partial charge is 0.469 e. The van der Waals surface area contributed by atoms with Crippen molar-refractivity contribution >= 4 is 11.9 Å². The predicted molar refractivity (Wildman–Crippen MR) is 148 cm³/mol. The van der Waals surface area contributed by atoms with Gasteiger partial charge in [-0.2, -0.15) is 0 Å². The third kappa shape index (κ3) is 10.5. The summed E-state index contributed by atoms with van der Waals surface area (Å²) < 4.78 is 27.2. The summed E-state index contributed by atoms with van der Waals surface area (Å²) in [4.78, 5) is 25.1. The Hall–Kier alpha value is -1.50. The lowest BCUT2D eigenvalue weighted by atomic mass is 9.86. The fourth-order valence-corrected chi connectivity index (χ4v) is 5.00. The molecule has 0 radical (unpaired) electrons. The maximum Gasteiger partial charge on any atom is 0.309 e. The first-order valence-corrected chi connectivity index (χ1v) is 14.5. The highest BCUT2D eigenvalue weighted by molar-refractivity contribution is 5.81. The van der Waals surface area contributed by atoms with Gasteiger partial charge in [-0.1, -0.05) is 34.6 Å². The Morgan fingerprint density at radius 2 is 1.40 bits per heavy atom. The number of hydrogen-bond acceptors (Lipinski definition) is 15. The van der Waals surface area contributed by atoms with Gasteiger partial charge in [-0.3, -0.25) is 9.59 Å². The van der Waals surface area contributed by atoms with E-state index in [1.807, 2.05) is 0 Å². The first-order valence-electron chi connectivity index (χ1n) is 14.5. The number of esters is 2. The van der Waals surface area contributed by atoms with Gasteiger partial charge in [-0.15, -0.1) is 0 Å². The van der Waals surface area contributed by atoms with Crippen LogP contribution in [0, 0.1) is 23.7 Å². The molecule has 254 valence electrons. The molecule has 14 unspecified atom stereocenters. The zero-order chi connectivity index (χ0) is 33.2. The molecule has 43 heavy (non-hydrogen) atoms. The van der Waals surface area contributed by atoms with Crippen LogP contribution in [0.15, 0.2) is 0 Å². The number of hydrogen-bond donors (Lipinski definition) is 8. The Kier molecular flexibility index (Phi) is 17.0. The quantitative estimate of drug-likeness (QED) is 0.0587.